The molecule has 0 radical (unpaired) electrons. The average molecular weight is 136 g/mol. The van der Waals surface area contributed by atoms with Crippen LogP contribution >= 0.6 is 0 Å². The van der Waals surface area contributed by atoms with Gasteiger partial charge < -0.3 is 9.84 Å². The van der Waals surface area contributed by atoms with Crippen LogP contribution in [0.25, 0.3) is 0 Å². The van der Waals surface area contributed by atoms with Gasteiger partial charge in [0.15, 0.2) is 0 Å². The van der Waals surface area contributed by atoms with Crippen molar-refractivity contribution < 1.29 is 39.4 Å². The largest absolute Gasteiger partial charge is 1.00 e. The van der Waals surface area contributed by atoms with Crippen LogP contribution in [-0.2, 0) is 4.74 Å². The van der Waals surface area contributed by atoms with Crippen LogP contribution in [0.2, 0.25) is 0 Å². The first-order chi connectivity index (χ1) is 3.77. The van der Waals surface area contributed by atoms with Crippen LogP contribution in [0.5, 0.6) is 0 Å². The molecule has 46 valence electrons. The molecular weight excluding hydrogens is 127 g/mol. The quantitative estimate of drug-likeness (QED) is 0.179. The molecule has 0 atom stereocenters. The van der Waals surface area contributed by atoms with E-state index in [1.54, 1.807) is 6.08 Å². The van der Waals surface area contributed by atoms with Crippen molar-refractivity contribution in [2.45, 2.75) is 0 Å². The summed E-state index contributed by atoms with van der Waals surface area (Å²) < 4.78 is 4.71. The average Bonchev–Trinajstić information content (AvgIpc) is 1.66. The van der Waals surface area contributed by atoms with Gasteiger partial charge in [-0.2, -0.15) is 0 Å². The van der Waals surface area contributed by atoms with E-state index in [0.717, 1.165) is 0 Å². The first-order valence-corrected chi connectivity index (χ1v) is 2.31. The molecule has 0 bridgehead atoms. The van der Waals surface area contributed by atoms with Crippen LogP contribution in [0.3, 0.4) is 0 Å². The van der Waals surface area contributed by atoms with Crippen LogP contribution in [0.1, 0.15) is 0 Å². The van der Waals surface area contributed by atoms with E-state index >= 15 is 0 Å². The molecule has 0 unspecified atom stereocenters. The monoisotopic (exact) mass is 136 g/mol. The van der Waals surface area contributed by atoms with Gasteiger partial charge in [-0.1, -0.05) is 6.08 Å². The molecule has 9 heavy (non-hydrogen) atoms. The molecule has 0 spiro atoms. The van der Waals surface area contributed by atoms with E-state index in [0.29, 0.717) is 6.61 Å². The van der Waals surface area contributed by atoms with Crippen molar-refractivity contribution in [1.29, 1.82) is 0 Å². The van der Waals surface area contributed by atoms with E-state index < -0.39 is 0 Å². The molecule has 0 fully saturated rings. The predicted octanol–water partition coefficient (Wildman–Crippen LogP) is -2.93. The zero-order valence-electron chi connectivity index (χ0n) is 5.72. The topological polar surface area (TPSA) is 32.3 Å². The van der Waals surface area contributed by atoms with E-state index in [4.69, 9.17) is 4.74 Å². The molecule has 0 amide bonds. The summed E-state index contributed by atoms with van der Waals surface area (Å²) in [7, 11) is 0. The summed E-state index contributed by atoms with van der Waals surface area (Å²) in [6.45, 7) is 7.02. The Balaban J connectivity index is 0. The maximum Gasteiger partial charge on any atom is 1.00 e. The summed E-state index contributed by atoms with van der Waals surface area (Å²) in [5, 5.41) is 10.0. The zero-order valence-corrected chi connectivity index (χ0v) is 7.72. The molecule has 3 heteroatoms. The minimum absolute atomic E-state index is 0. The van der Waals surface area contributed by atoms with Crippen LogP contribution in [0, 0.1) is 0 Å². The maximum atomic E-state index is 10.0. The normalized spacial score (nSPS) is 7.56. The molecule has 0 N–H and O–H groups in total. The number of hydrogen-bond donors (Lipinski definition) is 0. The summed E-state index contributed by atoms with van der Waals surface area (Å²) >= 11 is 0. The third kappa shape index (κ3) is 11.7. The zero-order chi connectivity index (χ0) is 6.41. The Hall–Kier alpha value is 0.240. The van der Waals surface area contributed by atoms with Crippen molar-refractivity contribution in [2.75, 3.05) is 13.2 Å². The Morgan fingerprint density at radius 2 is 2.22 bits per heavy atom. The molecule has 0 saturated carbocycles. The first-order valence-electron chi connectivity index (χ1n) is 2.31. The molecule has 0 saturated heterocycles. The Kier molecular flexibility index (Phi) is 11.0. The summed E-state index contributed by atoms with van der Waals surface area (Å²) in [5.41, 5.74) is 0. The van der Waals surface area contributed by atoms with Crippen molar-refractivity contribution >= 4 is 0 Å². The van der Waals surface area contributed by atoms with Crippen molar-refractivity contribution in [3.05, 3.63) is 25.0 Å². The molecular formula is C6H9NaO2. The number of hydrogen-bond acceptors (Lipinski definition) is 2. The van der Waals surface area contributed by atoms with Crippen LogP contribution < -0.4 is 34.7 Å². The Morgan fingerprint density at radius 3 is 2.56 bits per heavy atom. The smallest absolute Gasteiger partial charge is 0.874 e. The number of ether oxygens (including phenoxy) is 1. The first kappa shape index (κ1) is 12.0. The van der Waals surface area contributed by atoms with Crippen LogP contribution in [-0.4, -0.2) is 13.2 Å². The fourth-order valence-electron chi connectivity index (χ4n) is 0.256. The van der Waals surface area contributed by atoms with E-state index in [9.17, 15) is 5.11 Å². The van der Waals surface area contributed by atoms with Gasteiger partial charge in [0.2, 0.25) is 0 Å². The second-order valence-electron chi connectivity index (χ2n) is 1.34. The van der Waals surface area contributed by atoms with Gasteiger partial charge in [-0.15, -0.1) is 18.9 Å². The van der Waals surface area contributed by atoms with Crippen LogP contribution in [0.4, 0.5) is 0 Å². The minimum atomic E-state index is -0.202. The van der Waals surface area contributed by atoms with E-state index in [-0.39, 0.29) is 41.9 Å². The van der Waals surface area contributed by atoms with Gasteiger partial charge in [0.1, 0.15) is 0 Å². The van der Waals surface area contributed by atoms with E-state index in [1.165, 1.54) is 0 Å². The van der Waals surface area contributed by atoms with Gasteiger partial charge in [-0.25, -0.2) is 0 Å². The van der Waals surface area contributed by atoms with Gasteiger partial charge in [0.25, 0.3) is 0 Å². The SMILES string of the molecule is C=CCOCC(=C)[O-].[Na+]. The van der Waals surface area contributed by atoms with Crippen molar-refractivity contribution in [3.8, 4) is 0 Å². The molecule has 0 aromatic heterocycles. The van der Waals surface area contributed by atoms with E-state index in [1.807, 2.05) is 0 Å². The molecule has 0 aliphatic heterocycles. The molecule has 0 heterocycles. The standard InChI is InChI=1S/C6H10O2.Na/c1-3-4-8-5-6(2)7;/h3,7H,1-2,4-5H2;/q;+1/p-1. The summed E-state index contributed by atoms with van der Waals surface area (Å²) in [6, 6.07) is 0. The molecule has 0 aliphatic rings. The fourth-order valence-corrected chi connectivity index (χ4v) is 0.256. The Labute approximate surface area is 77.5 Å². The second kappa shape index (κ2) is 8.24. The van der Waals surface area contributed by atoms with Crippen LogP contribution in [0.15, 0.2) is 25.0 Å². The predicted molar refractivity (Wildman–Crippen MR) is 30.2 cm³/mol. The fraction of sp³-hybridized carbons (Fsp3) is 0.333. The third-order valence-corrected chi connectivity index (χ3v) is 0.499. The Morgan fingerprint density at radius 1 is 1.67 bits per heavy atom. The Bertz CT molecular complexity index is 91.1. The van der Waals surface area contributed by atoms with Gasteiger partial charge in [-0.05, 0) is 0 Å². The maximum absolute atomic E-state index is 10.0. The van der Waals surface area contributed by atoms with Crippen molar-refractivity contribution in [3.63, 3.8) is 0 Å². The van der Waals surface area contributed by atoms with Crippen molar-refractivity contribution in [2.24, 2.45) is 0 Å². The molecule has 0 aromatic rings. The van der Waals surface area contributed by atoms with Crippen molar-refractivity contribution in [1.82, 2.24) is 0 Å². The summed E-state index contributed by atoms with van der Waals surface area (Å²) in [6.07, 6.45) is 1.59. The summed E-state index contributed by atoms with van der Waals surface area (Å²) in [5.74, 6) is -0.202. The van der Waals surface area contributed by atoms with Gasteiger partial charge in [0, 0.05) is 0 Å². The van der Waals surface area contributed by atoms with E-state index in [2.05, 4.69) is 13.2 Å². The molecule has 0 aromatic carbocycles. The van der Waals surface area contributed by atoms with Gasteiger partial charge in [0.05, 0.1) is 13.2 Å². The molecule has 2 nitrogen and oxygen atoms in total. The van der Waals surface area contributed by atoms with Gasteiger partial charge >= 0.3 is 29.6 Å². The minimum Gasteiger partial charge on any atom is -0.874 e. The second-order valence-corrected chi connectivity index (χ2v) is 1.34. The molecule has 0 aliphatic carbocycles. The summed E-state index contributed by atoms with van der Waals surface area (Å²) in [4.78, 5) is 0. The number of rotatable bonds is 4. The molecule has 0 rings (SSSR count). The van der Waals surface area contributed by atoms with Gasteiger partial charge in [-0.3, -0.25) is 0 Å². The third-order valence-electron chi connectivity index (χ3n) is 0.499.